The Morgan fingerprint density at radius 1 is 0.667 bits per heavy atom. The van der Waals surface area contributed by atoms with Crippen molar-refractivity contribution in [2.45, 2.75) is 0 Å². The van der Waals surface area contributed by atoms with E-state index in [0.29, 0.717) is 11.1 Å². The molecule has 0 aliphatic rings. The summed E-state index contributed by atoms with van der Waals surface area (Å²) in [5.41, 5.74) is 3.63. The standard InChI is InChI=1S/C19H13BrO/c20-18-9-5-4-8-17(18)14-10-12-16(13-11-14)19(21)15-6-2-1-3-7-15/h1-13H. The Morgan fingerprint density at radius 3 is 1.90 bits per heavy atom. The summed E-state index contributed by atoms with van der Waals surface area (Å²) < 4.78 is 1.05. The molecule has 0 fully saturated rings. The lowest BCUT2D eigenvalue weighted by Gasteiger charge is -2.06. The molecule has 0 aliphatic carbocycles. The van der Waals surface area contributed by atoms with Crippen LogP contribution < -0.4 is 0 Å². The fraction of sp³-hybridized carbons (Fsp3) is 0. The number of benzene rings is 3. The van der Waals surface area contributed by atoms with Gasteiger partial charge < -0.3 is 0 Å². The lowest BCUT2D eigenvalue weighted by Crippen LogP contribution is -2.00. The van der Waals surface area contributed by atoms with Crippen LogP contribution in [0.5, 0.6) is 0 Å². The summed E-state index contributed by atoms with van der Waals surface area (Å²) in [5, 5.41) is 0. The molecule has 3 aromatic rings. The second kappa shape index (κ2) is 6.06. The molecule has 3 rings (SSSR count). The van der Waals surface area contributed by atoms with E-state index in [1.165, 1.54) is 0 Å². The van der Waals surface area contributed by atoms with Gasteiger partial charge in [0, 0.05) is 15.6 Å². The van der Waals surface area contributed by atoms with E-state index in [-0.39, 0.29) is 5.78 Å². The van der Waals surface area contributed by atoms with E-state index in [1.807, 2.05) is 72.8 Å². The molecule has 0 amide bonds. The van der Waals surface area contributed by atoms with Gasteiger partial charge in [-0.3, -0.25) is 4.79 Å². The summed E-state index contributed by atoms with van der Waals surface area (Å²) in [6, 6.07) is 25.1. The first-order valence-electron chi connectivity index (χ1n) is 6.70. The lowest BCUT2D eigenvalue weighted by atomic mass is 9.99. The molecule has 0 aliphatic heterocycles. The van der Waals surface area contributed by atoms with E-state index in [1.54, 1.807) is 0 Å². The monoisotopic (exact) mass is 336 g/mol. The van der Waals surface area contributed by atoms with Gasteiger partial charge in [0.1, 0.15) is 0 Å². The molecule has 0 bridgehead atoms. The molecule has 1 nitrogen and oxygen atoms in total. The predicted molar refractivity (Wildman–Crippen MR) is 89.5 cm³/mol. The maximum Gasteiger partial charge on any atom is 0.193 e. The van der Waals surface area contributed by atoms with Crippen LogP contribution in [-0.2, 0) is 0 Å². The Balaban J connectivity index is 1.92. The van der Waals surface area contributed by atoms with E-state index < -0.39 is 0 Å². The molecule has 0 unspecified atom stereocenters. The summed E-state index contributed by atoms with van der Waals surface area (Å²) >= 11 is 3.55. The smallest absolute Gasteiger partial charge is 0.193 e. The molecule has 102 valence electrons. The topological polar surface area (TPSA) is 17.1 Å². The Kier molecular flexibility index (Phi) is 3.98. The summed E-state index contributed by atoms with van der Waals surface area (Å²) in [5.74, 6) is 0.0503. The van der Waals surface area contributed by atoms with Crippen molar-refractivity contribution in [1.82, 2.24) is 0 Å². The van der Waals surface area contributed by atoms with Crippen LogP contribution in [0.3, 0.4) is 0 Å². The molecule has 0 saturated heterocycles. The minimum Gasteiger partial charge on any atom is -0.289 e. The van der Waals surface area contributed by atoms with Gasteiger partial charge in [-0.2, -0.15) is 0 Å². The molecular formula is C19H13BrO. The molecule has 0 aromatic heterocycles. The van der Waals surface area contributed by atoms with Crippen molar-refractivity contribution in [2.24, 2.45) is 0 Å². The number of ketones is 1. The number of carbonyl (C=O) groups excluding carboxylic acids is 1. The van der Waals surface area contributed by atoms with Gasteiger partial charge in [-0.15, -0.1) is 0 Å². The van der Waals surface area contributed by atoms with Gasteiger partial charge in [-0.05, 0) is 17.2 Å². The third-order valence-electron chi connectivity index (χ3n) is 3.37. The largest absolute Gasteiger partial charge is 0.289 e. The molecular weight excluding hydrogens is 324 g/mol. The van der Waals surface area contributed by atoms with Crippen LogP contribution in [0.15, 0.2) is 83.3 Å². The minimum atomic E-state index is 0.0503. The zero-order chi connectivity index (χ0) is 14.7. The van der Waals surface area contributed by atoms with Crippen molar-refractivity contribution in [3.05, 3.63) is 94.5 Å². The summed E-state index contributed by atoms with van der Waals surface area (Å²) in [4.78, 5) is 12.4. The van der Waals surface area contributed by atoms with Crippen LogP contribution in [0.2, 0.25) is 0 Å². The Morgan fingerprint density at radius 2 is 1.24 bits per heavy atom. The Labute approximate surface area is 132 Å². The first kappa shape index (κ1) is 13.8. The van der Waals surface area contributed by atoms with E-state index in [4.69, 9.17) is 0 Å². The zero-order valence-corrected chi connectivity index (χ0v) is 12.9. The van der Waals surface area contributed by atoms with Gasteiger partial charge in [0.05, 0.1) is 0 Å². The third-order valence-corrected chi connectivity index (χ3v) is 4.06. The van der Waals surface area contributed by atoms with E-state index in [2.05, 4.69) is 22.0 Å². The number of halogens is 1. The Bertz CT molecular complexity index is 761. The highest BCUT2D eigenvalue weighted by Gasteiger charge is 2.09. The van der Waals surface area contributed by atoms with Gasteiger partial charge in [-0.25, -0.2) is 0 Å². The van der Waals surface area contributed by atoms with Crippen molar-refractivity contribution < 1.29 is 4.79 Å². The molecule has 0 N–H and O–H groups in total. The quantitative estimate of drug-likeness (QED) is 0.589. The highest BCUT2D eigenvalue weighted by Crippen LogP contribution is 2.28. The number of rotatable bonds is 3. The van der Waals surface area contributed by atoms with Crippen molar-refractivity contribution >= 4 is 21.7 Å². The van der Waals surface area contributed by atoms with Crippen molar-refractivity contribution in [3.63, 3.8) is 0 Å². The lowest BCUT2D eigenvalue weighted by molar-refractivity contribution is 0.103. The average molecular weight is 337 g/mol. The van der Waals surface area contributed by atoms with Gasteiger partial charge in [0.2, 0.25) is 0 Å². The molecule has 0 spiro atoms. The van der Waals surface area contributed by atoms with Crippen molar-refractivity contribution in [1.29, 1.82) is 0 Å². The van der Waals surface area contributed by atoms with Gasteiger partial charge >= 0.3 is 0 Å². The van der Waals surface area contributed by atoms with Crippen LogP contribution in [0.1, 0.15) is 15.9 Å². The summed E-state index contributed by atoms with van der Waals surface area (Å²) in [6.07, 6.45) is 0. The van der Waals surface area contributed by atoms with Gasteiger partial charge in [0.15, 0.2) is 5.78 Å². The number of hydrogen-bond donors (Lipinski definition) is 0. The third kappa shape index (κ3) is 2.96. The van der Waals surface area contributed by atoms with Crippen LogP contribution in [0, 0.1) is 0 Å². The number of hydrogen-bond acceptors (Lipinski definition) is 1. The minimum absolute atomic E-state index is 0.0503. The van der Waals surface area contributed by atoms with Gasteiger partial charge in [-0.1, -0.05) is 88.7 Å². The molecule has 0 heterocycles. The van der Waals surface area contributed by atoms with Gasteiger partial charge in [0.25, 0.3) is 0 Å². The maximum atomic E-state index is 12.4. The molecule has 3 aromatic carbocycles. The van der Waals surface area contributed by atoms with Crippen LogP contribution in [-0.4, -0.2) is 5.78 Å². The van der Waals surface area contributed by atoms with E-state index in [0.717, 1.165) is 15.6 Å². The molecule has 0 atom stereocenters. The van der Waals surface area contributed by atoms with Crippen molar-refractivity contribution in [3.8, 4) is 11.1 Å². The second-order valence-electron chi connectivity index (χ2n) is 4.75. The highest BCUT2D eigenvalue weighted by atomic mass is 79.9. The second-order valence-corrected chi connectivity index (χ2v) is 5.61. The summed E-state index contributed by atoms with van der Waals surface area (Å²) in [7, 11) is 0. The SMILES string of the molecule is O=C(c1ccccc1)c1ccc(-c2ccccc2Br)cc1. The first-order valence-corrected chi connectivity index (χ1v) is 7.50. The summed E-state index contributed by atoms with van der Waals surface area (Å²) in [6.45, 7) is 0. The first-order chi connectivity index (χ1) is 10.3. The van der Waals surface area contributed by atoms with Crippen LogP contribution in [0.4, 0.5) is 0 Å². The maximum absolute atomic E-state index is 12.4. The average Bonchev–Trinajstić information content (AvgIpc) is 2.56. The fourth-order valence-corrected chi connectivity index (χ4v) is 2.77. The van der Waals surface area contributed by atoms with E-state index in [9.17, 15) is 4.79 Å². The van der Waals surface area contributed by atoms with Crippen molar-refractivity contribution in [2.75, 3.05) is 0 Å². The molecule has 21 heavy (non-hydrogen) atoms. The molecule has 0 radical (unpaired) electrons. The number of carbonyl (C=O) groups is 1. The van der Waals surface area contributed by atoms with Crippen LogP contribution in [0.25, 0.3) is 11.1 Å². The predicted octanol–water partition coefficient (Wildman–Crippen LogP) is 5.35. The van der Waals surface area contributed by atoms with E-state index >= 15 is 0 Å². The molecule has 2 heteroatoms. The Hall–Kier alpha value is -2.19. The fourth-order valence-electron chi connectivity index (χ4n) is 2.25. The molecule has 0 saturated carbocycles. The zero-order valence-electron chi connectivity index (χ0n) is 11.3. The normalized spacial score (nSPS) is 10.3. The highest BCUT2D eigenvalue weighted by molar-refractivity contribution is 9.10. The van der Waals surface area contributed by atoms with Crippen LogP contribution >= 0.6 is 15.9 Å².